The number of benzene rings is 3. The van der Waals surface area contributed by atoms with Crippen LogP contribution < -0.4 is 9.47 Å². The van der Waals surface area contributed by atoms with E-state index in [4.69, 9.17) is 14.5 Å². The van der Waals surface area contributed by atoms with Crippen LogP contribution in [0.25, 0.3) is 55.3 Å². The number of rotatable bonds is 6. The molecule has 0 unspecified atom stereocenters. The first kappa shape index (κ1) is 28.3. The second kappa shape index (κ2) is 10.9. The number of hydrogen-bond donors (Lipinski definition) is 1. The standard InChI is InChI=1S/C36H31N5O4/c1-20-11-23-12-22(24-17-40-35(41-18-24)25-15-37-19-38-16-25)5-6-26(23)32(27(20)13-30(42)43)33-29(45-36(2,3)4)14-28-31-21(8-10-44-28)7-9-39-34(31)33/h5-7,9,11-12,14-19H,8,10,13H2,1-4H3,(H,42,43). The molecule has 0 bridgehead atoms. The fourth-order valence-electron chi connectivity index (χ4n) is 6.07. The lowest BCUT2D eigenvalue weighted by Gasteiger charge is -2.28. The highest BCUT2D eigenvalue weighted by atomic mass is 16.5. The summed E-state index contributed by atoms with van der Waals surface area (Å²) in [6, 6.07) is 12.2. The van der Waals surface area contributed by atoms with E-state index in [2.05, 4.69) is 26.0 Å². The van der Waals surface area contributed by atoms with Crippen molar-refractivity contribution in [2.45, 2.75) is 46.1 Å². The summed E-state index contributed by atoms with van der Waals surface area (Å²) in [5, 5.41) is 12.8. The highest BCUT2D eigenvalue weighted by Crippen LogP contribution is 2.48. The van der Waals surface area contributed by atoms with Crippen LogP contribution in [0.2, 0.25) is 0 Å². The van der Waals surface area contributed by atoms with E-state index < -0.39 is 11.6 Å². The van der Waals surface area contributed by atoms with Crippen molar-refractivity contribution in [2.75, 3.05) is 6.61 Å². The number of carboxylic acid groups (broad SMARTS) is 1. The number of carboxylic acids is 1. The Hall–Kier alpha value is -5.44. The summed E-state index contributed by atoms with van der Waals surface area (Å²) < 4.78 is 12.7. The maximum absolute atomic E-state index is 12.3. The molecule has 9 heteroatoms. The van der Waals surface area contributed by atoms with Crippen molar-refractivity contribution in [1.29, 1.82) is 0 Å². The van der Waals surface area contributed by atoms with Crippen LogP contribution in [0.1, 0.15) is 37.5 Å². The molecule has 0 radical (unpaired) electrons. The molecule has 4 heterocycles. The number of ether oxygens (including phenoxy) is 2. The molecule has 0 fully saturated rings. The predicted molar refractivity (Wildman–Crippen MR) is 172 cm³/mol. The first-order valence-corrected chi connectivity index (χ1v) is 14.8. The second-order valence-corrected chi connectivity index (χ2v) is 12.2. The SMILES string of the molecule is Cc1cc2cc(-c3cnc(-c4cncnc4)nc3)ccc2c(-c2c(OC(C)(C)C)cc3c4c(ccnc24)CCO3)c1CC(=O)O. The monoisotopic (exact) mass is 597 g/mol. The number of fused-ring (bicyclic) bond motifs is 1. The van der Waals surface area contributed by atoms with Crippen LogP contribution in [-0.2, 0) is 17.6 Å². The van der Waals surface area contributed by atoms with Gasteiger partial charge in [0.1, 0.15) is 23.4 Å². The fraction of sp³-hybridized carbons (Fsp3) is 0.222. The van der Waals surface area contributed by atoms with Crippen molar-refractivity contribution in [3.05, 3.63) is 90.4 Å². The maximum atomic E-state index is 12.3. The summed E-state index contributed by atoms with van der Waals surface area (Å²) in [6.45, 7) is 8.51. The topological polar surface area (TPSA) is 120 Å². The normalized spacial score (nSPS) is 12.7. The van der Waals surface area contributed by atoms with Gasteiger partial charge in [-0.05, 0) is 78.4 Å². The fourth-order valence-corrected chi connectivity index (χ4v) is 6.07. The van der Waals surface area contributed by atoms with E-state index in [0.29, 0.717) is 18.2 Å². The van der Waals surface area contributed by atoms with Crippen molar-refractivity contribution in [3.63, 3.8) is 0 Å². The molecule has 1 aliphatic rings. The van der Waals surface area contributed by atoms with Gasteiger partial charge < -0.3 is 14.6 Å². The molecule has 0 spiro atoms. The molecule has 0 saturated carbocycles. The van der Waals surface area contributed by atoms with Crippen LogP contribution in [-0.4, -0.2) is 48.2 Å². The van der Waals surface area contributed by atoms with Crippen molar-refractivity contribution >= 4 is 27.6 Å². The average molecular weight is 598 g/mol. The zero-order chi connectivity index (χ0) is 31.3. The van der Waals surface area contributed by atoms with E-state index in [1.165, 1.54) is 6.33 Å². The van der Waals surface area contributed by atoms with E-state index >= 15 is 0 Å². The van der Waals surface area contributed by atoms with Crippen LogP contribution in [0.4, 0.5) is 0 Å². The first-order chi connectivity index (χ1) is 21.7. The molecule has 7 rings (SSSR count). The summed E-state index contributed by atoms with van der Waals surface area (Å²) in [5.74, 6) is 0.968. The Balaban J connectivity index is 1.48. The van der Waals surface area contributed by atoms with Gasteiger partial charge >= 0.3 is 5.97 Å². The van der Waals surface area contributed by atoms with Gasteiger partial charge in [0.15, 0.2) is 5.82 Å². The third kappa shape index (κ3) is 5.31. The quantitative estimate of drug-likeness (QED) is 0.216. The molecule has 0 atom stereocenters. The predicted octanol–water partition coefficient (Wildman–Crippen LogP) is 7.02. The van der Waals surface area contributed by atoms with E-state index in [1.807, 2.05) is 64.2 Å². The number of aliphatic carboxylic acids is 1. The molecule has 0 aliphatic carbocycles. The minimum atomic E-state index is -0.909. The number of aromatic nitrogens is 5. The molecule has 0 amide bonds. The molecule has 224 valence electrons. The van der Waals surface area contributed by atoms with Crippen LogP contribution in [0, 0.1) is 6.92 Å². The van der Waals surface area contributed by atoms with Gasteiger partial charge in [-0.1, -0.05) is 18.2 Å². The van der Waals surface area contributed by atoms with Gasteiger partial charge in [0.25, 0.3) is 0 Å². The number of aryl methyl sites for hydroxylation is 1. The molecule has 45 heavy (non-hydrogen) atoms. The van der Waals surface area contributed by atoms with Gasteiger partial charge in [0, 0.05) is 54.4 Å². The molecule has 3 aromatic carbocycles. The first-order valence-electron chi connectivity index (χ1n) is 14.8. The molecule has 0 saturated heterocycles. The van der Waals surface area contributed by atoms with Crippen LogP contribution in [0.3, 0.4) is 0 Å². The summed E-state index contributed by atoms with van der Waals surface area (Å²) in [4.78, 5) is 34.4. The summed E-state index contributed by atoms with van der Waals surface area (Å²) in [5.41, 5.74) is 7.04. The molecule has 6 aromatic rings. The maximum Gasteiger partial charge on any atom is 0.307 e. The van der Waals surface area contributed by atoms with Crippen molar-refractivity contribution < 1.29 is 19.4 Å². The smallest absolute Gasteiger partial charge is 0.307 e. The molecular weight excluding hydrogens is 566 g/mol. The molecule has 9 nitrogen and oxygen atoms in total. The molecular formula is C36H31N5O4. The third-order valence-corrected chi connectivity index (χ3v) is 7.93. The van der Waals surface area contributed by atoms with E-state index in [-0.39, 0.29) is 6.42 Å². The molecule has 1 aliphatic heterocycles. The highest BCUT2D eigenvalue weighted by molar-refractivity contribution is 6.11. The van der Waals surface area contributed by atoms with Crippen molar-refractivity contribution in [2.24, 2.45) is 0 Å². The summed E-state index contributed by atoms with van der Waals surface area (Å²) in [7, 11) is 0. The Morgan fingerprint density at radius 2 is 1.71 bits per heavy atom. The van der Waals surface area contributed by atoms with Gasteiger partial charge in [-0.25, -0.2) is 19.9 Å². The van der Waals surface area contributed by atoms with E-state index in [1.54, 1.807) is 24.8 Å². The lowest BCUT2D eigenvalue weighted by Crippen LogP contribution is -2.24. The largest absolute Gasteiger partial charge is 0.492 e. The van der Waals surface area contributed by atoms with Gasteiger partial charge in [-0.2, -0.15) is 0 Å². The zero-order valence-corrected chi connectivity index (χ0v) is 25.5. The number of carbonyl (C=O) groups is 1. The van der Waals surface area contributed by atoms with Gasteiger partial charge in [-0.3, -0.25) is 9.78 Å². The van der Waals surface area contributed by atoms with Gasteiger partial charge in [0.2, 0.25) is 0 Å². The number of nitrogens with zero attached hydrogens (tertiary/aromatic N) is 5. The van der Waals surface area contributed by atoms with Crippen molar-refractivity contribution in [1.82, 2.24) is 24.9 Å². The lowest BCUT2D eigenvalue weighted by molar-refractivity contribution is -0.136. The van der Waals surface area contributed by atoms with E-state index in [9.17, 15) is 9.90 Å². The number of pyridine rings is 1. The average Bonchev–Trinajstić information content (AvgIpc) is 3.02. The molecule has 1 N–H and O–H groups in total. The Morgan fingerprint density at radius 1 is 0.933 bits per heavy atom. The highest BCUT2D eigenvalue weighted by Gasteiger charge is 2.28. The minimum absolute atomic E-state index is 0.147. The Morgan fingerprint density at radius 3 is 2.44 bits per heavy atom. The third-order valence-electron chi connectivity index (χ3n) is 7.93. The summed E-state index contributed by atoms with van der Waals surface area (Å²) >= 11 is 0. The van der Waals surface area contributed by atoms with E-state index in [0.717, 1.165) is 78.4 Å². The molecule has 3 aromatic heterocycles. The van der Waals surface area contributed by atoms with Crippen LogP contribution in [0.5, 0.6) is 11.5 Å². The summed E-state index contributed by atoms with van der Waals surface area (Å²) in [6.07, 6.45) is 10.8. The minimum Gasteiger partial charge on any atom is -0.492 e. The van der Waals surface area contributed by atoms with Crippen molar-refractivity contribution in [3.8, 4) is 45.1 Å². The Labute approximate surface area is 260 Å². The number of hydrogen-bond acceptors (Lipinski definition) is 8. The van der Waals surface area contributed by atoms with Gasteiger partial charge in [-0.15, -0.1) is 0 Å². The zero-order valence-electron chi connectivity index (χ0n) is 25.5. The lowest BCUT2D eigenvalue weighted by atomic mass is 9.85. The van der Waals surface area contributed by atoms with Gasteiger partial charge in [0.05, 0.1) is 29.7 Å². The van der Waals surface area contributed by atoms with Crippen LogP contribution in [0.15, 0.2) is 73.7 Å². The Bertz CT molecular complexity index is 2110. The van der Waals surface area contributed by atoms with Crippen LogP contribution >= 0.6 is 0 Å². The second-order valence-electron chi connectivity index (χ2n) is 12.2. The Kier molecular flexibility index (Phi) is 6.88.